The normalized spacial score (nSPS) is 13.2. The Morgan fingerprint density at radius 3 is 2.62 bits per heavy atom. The summed E-state index contributed by atoms with van der Waals surface area (Å²) in [4.78, 5) is 12.7. The second kappa shape index (κ2) is 7.17. The van der Waals surface area contributed by atoms with Gasteiger partial charge in [0.25, 0.3) is 0 Å². The number of rotatable bonds is 7. The zero-order valence-electron chi connectivity index (χ0n) is 8.32. The maximum absolute atomic E-state index is 10.7. The van der Waals surface area contributed by atoms with Crippen LogP contribution in [0.25, 0.3) is 0 Å². The lowest BCUT2D eigenvalue weighted by molar-refractivity contribution is -0.137. The molecule has 5 heteroatoms. The van der Waals surface area contributed by atoms with Crippen LogP contribution in [0.4, 0.5) is 0 Å². The molecule has 0 saturated heterocycles. The van der Waals surface area contributed by atoms with Crippen LogP contribution in [0.3, 0.4) is 0 Å². The van der Waals surface area contributed by atoms with Gasteiger partial charge in [-0.25, -0.2) is 0 Å². The number of hydrogen-bond acceptors (Lipinski definition) is 4. The Hall–Kier alpha value is -0.260. The Balaban J connectivity index is 3.63. The third-order valence-electron chi connectivity index (χ3n) is 1.45. The predicted octanol–water partition coefficient (Wildman–Crippen LogP) is 0.381. The van der Waals surface area contributed by atoms with Crippen LogP contribution in [-0.4, -0.2) is 61.3 Å². The molecule has 0 saturated carbocycles. The van der Waals surface area contributed by atoms with Crippen LogP contribution in [0.5, 0.6) is 0 Å². The fourth-order valence-electron chi connectivity index (χ4n) is 0.720. The van der Waals surface area contributed by atoms with Gasteiger partial charge in [0.15, 0.2) is 0 Å². The smallest absolute Gasteiger partial charge is 0.319 e. The van der Waals surface area contributed by atoms with Gasteiger partial charge in [0, 0.05) is 19.4 Å². The van der Waals surface area contributed by atoms with Crippen molar-refractivity contribution in [2.75, 3.05) is 40.1 Å². The molecule has 0 rings (SSSR count). The van der Waals surface area contributed by atoms with E-state index in [-0.39, 0.29) is 6.61 Å². The molecular formula is C8H17NO3S. The van der Waals surface area contributed by atoms with E-state index in [0.29, 0.717) is 0 Å². The first-order valence-electron chi connectivity index (χ1n) is 4.06. The van der Waals surface area contributed by atoms with E-state index in [2.05, 4.69) is 0 Å². The van der Waals surface area contributed by atoms with E-state index in [0.717, 1.165) is 12.3 Å². The topological polar surface area (TPSA) is 49.8 Å². The van der Waals surface area contributed by atoms with E-state index in [4.69, 9.17) is 9.84 Å². The number of ether oxygens (including phenoxy) is 1. The molecule has 1 atom stereocenters. The van der Waals surface area contributed by atoms with E-state index in [1.165, 1.54) is 18.9 Å². The fraction of sp³-hybridized carbons (Fsp3) is 0.875. The molecule has 78 valence electrons. The summed E-state index contributed by atoms with van der Waals surface area (Å²) in [6.07, 6.45) is 0. The summed E-state index contributed by atoms with van der Waals surface area (Å²) in [5.74, 6) is 0.0125. The van der Waals surface area contributed by atoms with E-state index in [1.807, 2.05) is 19.0 Å². The van der Waals surface area contributed by atoms with Gasteiger partial charge in [-0.15, -0.1) is 11.8 Å². The summed E-state index contributed by atoms with van der Waals surface area (Å²) < 4.78 is 4.81. The predicted molar refractivity (Wildman–Crippen MR) is 54.3 cm³/mol. The van der Waals surface area contributed by atoms with Crippen molar-refractivity contribution < 1.29 is 14.6 Å². The zero-order valence-corrected chi connectivity index (χ0v) is 9.13. The summed E-state index contributed by atoms with van der Waals surface area (Å²) in [5.41, 5.74) is 0. The van der Waals surface area contributed by atoms with Crippen LogP contribution in [-0.2, 0) is 9.53 Å². The van der Waals surface area contributed by atoms with Gasteiger partial charge in [-0.05, 0) is 14.1 Å². The average molecular weight is 207 g/mol. The highest BCUT2D eigenvalue weighted by Crippen LogP contribution is 2.11. The molecule has 0 aromatic heterocycles. The minimum absolute atomic E-state index is 0.271. The van der Waals surface area contributed by atoms with Crippen molar-refractivity contribution in [3.05, 3.63) is 0 Å². The molecular weight excluding hydrogens is 190 g/mol. The van der Waals surface area contributed by atoms with Crippen molar-refractivity contribution in [3.63, 3.8) is 0 Å². The molecule has 4 nitrogen and oxygen atoms in total. The molecule has 0 bridgehead atoms. The minimum Gasteiger partial charge on any atom is -0.480 e. The fourth-order valence-corrected chi connectivity index (χ4v) is 1.85. The second-order valence-electron chi connectivity index (χ2n) is 2.96. The van der Waals surface area contributed by atoms with Crippen molar-refractivity contribution in [2.24, 2.45) is 0 Å². The molecule has 0 amide bonds. The summed E-state index contributed by atoms with van der Waals surface area (Å²) in [7, 11) is 5.45. The highest BCUT2D eigenvalue weighted by Gasteiger charge is 2.16. The summed E-state index contributed by atoms with van der Waals surface area (Å²) >= 11 is 1.42. The first-order valence-corrected chi connectivity index (χ1v) is 5.11. The number of carboxylic acids is 1. The largest absolute Gasteiger partial charge is 0.480 e. The minimum atomic E-state index is -0.800. The first kappa shape index (κ1) is 12.7. The molecule has 0 aliphatic carbocycles. The highest BCUT2D eigenvalue weighted by atomic mass is 32.2. The summed E-state index contributed by atoms with van der Waals surface area (Å²) in [6, 6.07) is 0. The average Bonchev–Trinajstić information content (AvgIpc) is 2.02. The molecule has 0 aliphatic rings. The molecule has 1 N–H and O–H groups in total. The van der Waals surface area contributed by atoms with Crippen molar-refractivity contribution in [1.29, 1.82) is 0 Å². The molecule has 0 aliphatic heterocycles. The maximum atomic E-state index is 10.7. The molecule has 0 radical (unpaired) electrons. The van der Waals surface area contributed by atoms with Gasteiger partial charge < -0.3 is 14.7 Å². The lowest BCUT2D eigenvalue weighted by Gasteiger charge is -2.13. The molecule has 0 spiro atoms. The van der Waals surface area contributed by atoms with Gasteiger partial charge in [0.1, 0.15) is 5.25 Å². The van der Waals surface area contributed by atoms with Crippen LogP contribution in [0.2, 0.25) is 0 Å². The Morgan fingerprint density at radius 2 is 2.23 bits per heavy atom. The Labute approximate surface area is 83.2 Å². The Bertz CT molecular complexity index is 152. The Kier molecular flexibility index (Phi) is 7.03. The monoisotopic (exact) mass is 207 g/mol. The van der Waals surface area contributed by atoms with E-state index in [9.17, 15) is 4.79 Å². The van der Waals surface area contributed by atoms with Crippen molar-refractivity contribution >= 4 is 17.7 Å². The molecule has 13 heavy (non-hydrogen) atoms. The molecule has 0 heterocycles. The second-order valence-corrected chi connectivity index (χ2v) is 4.27. The number of thioether (sulfide) groups is 1. The number of carbonyl (C=O) groups is 1. The molecule has 0 aromatic carbocycles. The highest BCUT2D eigenvalue weighted by molar-refractivity contribution is 8.00. The van der Waals surface area contributed by atoms with Gasteiger partial charge in [-0.2, -0.15) is 0 Å². The Morgan fingerprint density at radius 1 is 1.62 bits per heavy atom. The van der Waals surface area contributed by atoms with Crippen LogP contribution in [0.1, 0.15) is 0 Å². The van der Waals surface area contributed by atoms with Gasteiger partial charge >= 0.3 is 5.97 Å². The van der Waals surface area contributed by atoms with Crippen molar-refractivity contribution in [1.82, 2.24) is 4.90 Å². The van der Waals surface area contributed by atoms with Crippen LogP contribution in [0, 0.1) is 0 Å². The van der Waals surface area contributed by atoms with E-state index >= 15 is 0 Å². The third kappa shape index (κ3) is 6.86. The van der Waals surface area contributed by atoms with E-state index in [1.54, 1.807) is 0 Å². The molecule has 0 fully saturated rings. The van der Waals surface area contributed by atoms with Crippen molar-refractivity contribution in [2.45, 2.75) is 5.25 Å². The van der Waals surface area contributed by atoms with Crippen molar-refractivity contribution in [3.8, 4) is 0 Å². The molecule has 0 aromatic rings. The van der Waals surface area contributed by atoms with Gasteiger partial charge in [0.05, 0.1) is 6.61 Å². The lowest BCUT2D eigenvalue weighted by atomic mass is 10.5. The molecule has 1 unspecified atom stereocenters. The summed E-state index contributed by atoms with van der Waals surface area (Å²) in [6.45, 7) is 1.16. The van der Waals surface area contributed by atoms with Crippen LogP contribution < -0.4 is 0 Å². The summed E-state index contributed by atoms with van der Waals surface area (Å²) in [5, 5.41) is 8.32. The standard InChI is InChI=1S/C8H17NO3S/c1-9(2)4-5-13-7(6-12-3)8(10)11/h7H,4-6H2,1-3H3,(H,10,11). The SMILES string of the molecule is COCC(SCCN(C)C)C(=O)O. The first-order chi connectivity index (χ1) is 6.07. The van der Waals surface area contributed by atoms with Gasteiger partial charge in [-0.1, -0.05) is 0 Å². The van der Waals surface area contributed by atoms with E-state index < -0.39 is 11.2 Å². The number of nitrogens with zero attached hydrogens (tertiary/aromatic N) is 1. The quantitative estimate of drug-likeness (QED) is 0.654. The van der Waals surface area contributed by atoms with Gasteiger partial charge in [-0.3, -0.25) is 4.79 Å². The number of methoxy groups -OCH3 is 1. The number of aliphatic carboxylic acids is 1. The van der Waals surface area contributed by atoms with Crippen LogP contribution >= 0.6 is 11.8 Å². The third-order valence-corrected chi connectivity index (χ3v) is 2.61. The van der Waals surface area contributed by atoms with Gasteiger partial charge in [0.2, 0.25) is 0 Å². The number of hydrogen-bond donors (Lipinski definition) is 1. The lowest BCUT2D eigenvalue weighted by Crippen LogP contribution is -2.24. The number of carboxylic acid groups (broad SMARTS) is 1. The maximum Gasteiger partial charge on any atom is 0.319 e. The zero-order chi connectivity index (χ0) is 10.3. The van der Waals surface area contributed by atoms with Crippen LogP contribution in [0.15, 0.2) is 0 Å².